The molecule has 26 heavy (non-hydrogen) atoms. The number of benzene rings is 2. The van der Waals surface area contributed by atoms with Crippen LogP contribution in [0.1, 0.15) is 15.9 Å². The average molecular weight is 427 g/mol. The standard InChI is InChI=1S/C17H9Cl2FN2O2S2/c18-10-6-4-9(5-7-10)15(23)21-22-16(24)14(26-17(22)25)8-11-12(19)2-1-3-13(11)20/h1-8H,(H,21,23)/b14-8+. The Morgan fingerprint density at radius 3 is 2.54 bits per heavy atom. The van der Waals surface area contributed by atoms with Gasteiger partial charge < -0.3 is 0 Å². The van der Waals surface area contributed by atoms with E-state index in [0.29, 0.717) is 10.6 Å². The third kappa shape index (κ3) is 3.91. The molecule has 9 heteroatoms. The molecule has 1 N–H and O–H groups in total. The molecular formula is C17H9Cl2FN2O2S2. The molecule has 0 saturated carbocycles. The second-order valence-corrected chi connectivity index (χ2v) is 7.62. The number of hydrogen-bond acceptors (Lipinski definition) is 4. The van der Waals surface area contributed by atoms with Crippen LogP contribution in [0.2, 0.25) is 10.0 Å². The van der Waals surface area contributed by atoms with Gasteiger partial charge in [-0.2, -0.15) is 5.01 Å². The first-order chi connectivity index (χ1) is 12.4. The van der Waals surface area contributed by atoms with Crippen LogP contribution in [0.25, 0.3) is 6.08 Å². The number of carbonyl (C=O) groups excluding carboxylic acids is 2. The van der Waals surface area contributed by atoms with Gasteiger partial charge in [0.1, 0.15) is 5.82 Å². The van der Waals surface area contributed by atoms with Crippen LogP contribution in [-0.2, 0) is 4.79 Å². The van der Waals surface area contributed by atoms with Gasteiger partial charge in [-0.1, -0.05) is 41.0 Å². The molecule has 2 aromatic carbocycles. The fourth-order valence-electron chi connectivity index (χ4n) is 2.11. The second-order valence-electron chi connectivity index (χ2n) is 5.10. The molecule has 0 spiro atoms. The van der Waals surface area contributed by atoms with E-state index in [0.717, 1.165) is 16.8 Å². The molecule has 1 saturated heterocycles. The molecule has 4 nitrogen and oxygen atoms in total. The summed E-state index contributed by atoms with van der Waals surface area (Å²) in [6.45, 7) is 0. The number of hydrogen-bond donors (Lipinski definition) is 1. The molecule has 132 valence electrons. The summed E-state index contributed by atoms with van der Waals surface area (Å²) in [6.07, 6.45) is 1.31. The van der Waals surface area contributed by atoms with Crippen molar-refractivity contribution in [3.8, 4) is 0 Å². The predicted molar refractivity (Wildman–Crippen MR) is 105 cm³/mol. The van der Waals surface area contributed by atoms with Crippen molar-refractivity contribution in [2.75, 3.05) is 0 Å². The number of thiocarbonyl (C=S) groups is 1. The SMILES string of the molecule is O=C(NN1C(=O)/C(=C\c2c(F)cccc2Cl)SC1=S)c1ccc(Cl)cc1. The summed E-state index contributed by atoms with van der Waals surface area (Å²) in [5, 5.41) is 1.59. The van der Waals surface area contributed by atoms with E-state index in [-0.39, 0.29) is 19.8 Å². The Hall–Kier alpha value is -1.93. The van der Waals surface area contributed by atoms with Crippen LogP contribution in [0.3, 0.4) is 0 Å². The lowest BCUT2D eigenvalue weighted by atomic mass is 10.2. The number of halogens is 3. The topological polar surface area (TPSA) is 49.4 Å². The van der Waals surface area contributed by atoms with Crippen molar-refractivity contribution in [1.29, 1.82) is 0 Å². The molecule has 2 aromatic rings. The van der Waals surface area contributed by atoms with Gasteiger partial charge in [0, 0.05) is 16.1 Å². The van der Waals surface area contributed by atoms with Crippen molar-refractivity contribution in [2.24, 2.45) is 0 Å². The van der Waals surface area contributed by atoms with E-state index < -0.39 is 17.6 Å². The summed E-state index contributed by atoms with van der Waals surface area (Å²) in [6, 6.07) is 10.4. The average Bonchev–Trinajstić information content (AvgIpc) is 2.86. The van der Waals surface area contributed by atoms with Gasteiger partial charge in [-0.3, -0.25) is 15.0 Å². The molecule has 3 rings (SSSR count). The maximum Gasteiger partial charge on any atom is 0.285 e. The monoisotopic (exact) mass is 426 g/mol. The van der Waals surface area contributed by atoms with E-state index in [1.807, 2.05) is 0 Å². The molecule has 1 aliphatic heterocycles. The molecule has 1 heterocycles. The minimum atomic E-state index is -0.568. The first-order valence-electron chi connectivity index (χ1n) is 7.15. The number of carbonyl (C=O) groups is 2. The van der Waals surface area contributed by atoms with Gasteiger partial charge in [-0.25, -0.2) is 4.39 Å². The molecule has 1 aliphatic rings. The Morgan fingerprint density at radius 2 is 1.88 bits per heavy atom. The van der Waals surface area contributed by atoms with Gasteiger partial charge in [-0.15, -0.1) is 0 Å². The summed E-state index contributed by atoms with van der Waals surface area (Å²) >= 11 is 17.8. The first-order valence-corrected chi connectivity index (χ1v) is 9.13. The predicted octanol–water partition coefficient (Wildman–Crippen LogP) is 4.68. The van der Waals surface area contributed by atoms with Gasteiger partial charge >= 0.3 is 0 Å². The van der Waals surface area contributed by atoms with Crippen molar-refractivity contribution >= 4 is 69.4 Å². The zero-order valence-corrected chi connectivity index (χ0v) is 16.0. The Balaban J connectivity index is 1.82. The molecule has 0 aliphatic carbocycles. The smallest absolute Gasteiger partial charge is 0.267 e. The number of thioether (sulfide) groups is 1. The summed E-state index contributed by atoms with van der Waals surface area (Å²) in [4.78, 5) is 24.9. The van der Waals surface area contributed by atoms with Crippen LogP contribution < -0.4 is 5.43 Å². The number of nitrogens with one attached hydrogen (secondary N) is 1. The van der Waals surface area contributed by atoms with Crippen molar-refractivity contribution in [2.45, 2.75) is 0 Å². The molecule has 0 radical (unpaired) electrons. The summed E-state index contributed by atoms with van der Waals surface area (Å²) in [5.74, 6) is -1.65. The maximum atomic E-state index is 13.9. The number of hydrazine groups is 1. The molecular weight excluding hydrogens is 418 g/mol. The molecule has 0 bridgehead atoms. The van der Waals surface area contributed by atoms with Crippen molar-refractivity contribution in [3.05, 3.63) is 74.4 Å². The van der Waals surface area contributed by atoms with E-state index in [2.05, 4.69) is 5.43 Å². The lowest BCUT2D eigenvalue weighted by Crippen LogP contribution is -2.44. The van der Waals surface area contributed by atoms with E-state index >= 15 is 0 Å². The summed E-state index contributed by atoms with van der Waals surface area (Å²) in [7, 11) is 0. The zero-order valence-electron chi connectivity index (χ0n) is 12.8. The molecule has 0 atom stereocenters. The maximum absolute atomic E-state index is 13.9. The number of nitrogens with zero attached hydrogens (tertiary/aromatic N) is 1. The van der Waals surface area contributed by atoms with Gasteiger partial charge in [-0.05, 0) is 54.7 Å². The number of rotatable bonds is 3. The fourth-order valence-corrected chi connectivity index (χ4v) is 3.62. The summed E-state index contributed by atoms with van der Waals surface area (Å²) in [5.41, 5.74) is 2.82. The van der Waals surface area contributed by atoms with Crippen LogP contribution in [0, 0.1) is 5.82 Å². The highest BCUT2D eigenvalue weighted by molar-refractivity contribution is 8.26. The zero-order chi connectivity index (χ0) is 18.8. The van der Waals surface area contributed by atoms with E-state index in [9.17, 15) is 14.0 Å². The van der Waals surface area contributed by atoms with Gasteiger partial charge in [0.2, 0.25) is 0 Å². The van der Waals surface area contributed by atoms with Gasteiger partial charge in [0.15, 0.2) is 4.32 Å². The highest BCUT2D eigenvalue weighted by Crippen LogP contribution is 2.33. The minimum Gasteiger partial charge on any atom is -0.267 e. The van der Waals surface area contributed by atoms with Crippen LogP contribution in [0.5, 0.6) is 0 Å². The van der Waals surface area contributed by atoms with Crippen molar-refractivity contribution in [1.82, 2.24) is 10.4 Å². The Kier molecular flexibility index (Phi) is 5.62. The van der Waals surface area contributed by atoms with Crippen LogP contribution in [0.15, 0.2) is 47.4 Å². The van der Waals surface area contributed by atoms with E-state index in [1.54, 1.807) is 12.1 Å². The second kappa shape index (κ2) is 7.75. The van der Waals surface area contributed by atoms with Crippen molar-refractivity contribution in [3.63, 3.8) is 0 Å². The van der Waals surface area contributed by atoms with Crippen LogP contribution in [-0.4, -0.2) is 21.1 Å². The third-order valence-electron chi connectivity index (χ3n) is 3.39. The molecule has 0 unspecified atom stereocenters. The van der Waals surface area contributed by atoms with Crippen LogP contribution >= 0.6 is 47.2 Å². The fraction of sp³-hybridized carbons (Fsp3) is 0. The lowest BCUT2D eigenvalue weighted by Gasteiger charge is -2.15. The van der Waals surface area contributed by atoms with Crippen molar-refractivity contribution < 1.29 is 14.0 Å². The molecule has 1 fully saturated rings. The van der Waals surface area contributed by atoms with E-state index in [4.69, 9.17) is 35.4 Å². The first kappa shape index (κ1) is 18.8. The highest BCUT2D eigenvalue weighted by Gasteiger charge is 2.34. The highest BCUT2D eigenvalue weighted by atomic mass is 35.5. The third-order valence-corrected chi connectivity index (χ3v) is 5.27. The Bertz CT molecular complexity index is 928. The molecule has 0 aromatic heterocycles. The van der Waals surface area contributed by atoms with Crippen LogP contribution in [0.4, 0.5) is 4.39 Å². The Morgan fingerprint density at radius 1 is 1.19 bits per heavy atom. The normalized spacial score (nSPS) is 15.7. The van der Waals surface area contributed by atoms with E-state index in [1.165, 1.54) is 36.4 Å². The van der Waals surface area contributed by atoms with Gasteiger partial charge in [0.05, 0.1) is 9.93 Å². The van der Waals surface area contributed by atoms with Gasteiger partial charge in [0.25, 0.3) is 11.8 Å². The largest absolute Gasteiger partial charge is 0.285 e. The number of amides is 2. The molecule has 2 amide bonds. The quantitative estimate of drug-likeness (QED) is 0.571. The minimum absolute atomic E-state index is 0.0821. The summed E-state index contributed by atoms with van der Waals surface area (Å²) < 4.78 is 14.0. The Labute approximate surface area is 167 Å². The lowest BCUT2D eigenvalue weighted by molar-refractivity contribution is -0.123.